The van der Waals surface area contributed by atoms with E-state index in [1.165, 1.54) is 25.1 Å². The lowest BCUT2D eigenvalue weighted by atomic mass is 9.95. The van der Waals surface area contributed by atoms with Crippen LogP contribution in [0.25, 0.3) is 0 Å². The molecule has 7 heteroatoms. The van der Waals surface area contributed by atoms with Crippen molar-refractivity contribution in [3.05, 3.63) is 34.9 Å². The van der Waals surface area contributed by atoms with Gasteiger partial charge in [0.2, 0.25) is 0 Å². The Balaban J connectivity index is 3.33. The summed E-state index contributed by atoms with van der Waals surface area (Å²) in [5, 5.41) is 27.2. The number of benzene rings is 1. The maximum atomic E-state index is 11.4. The molecule has 3 N–H and O–H groups in total. The molecule has 2 unspecified atom stereocenters. The number of halogens is 1. The number of Topliss-reactive ketones (excluding diaryl/α,β-unsaturated/α-hetero) is 1. The summed E-state index contributed by atoms with van der Waals surface area (Å²) < 4.78 is 0. The molecule has 0 saturated carbocycles. The molecule has 108 valence electrons. The van der Waals surface area contributed by atoms with E-state index in [0.717, 1.165) is 0 Å². The first kappa shape index (κ1) is 16.3. The van der Waals surface area contributed by atoms with Crippen LogP contribution in [0.5, 0.6) is 0 Å². The Bertz CT molecular complexity index is 554. The molecular weight excluding hydrogens is 332 g/mol. The van der Waals surface area contributed by atoms with E-state index in [1.54, 1.807) is 0 Å². The van der Waals surface area contributed by atoms with Crippen LogP contribution in [0.15, 0.2) is 18.2 Å². The summed E-state index contributed by atoms with van der Waals surface area (Å²) in [6.45, 7) is 1.31. The van der Waals surface area contributed by atoms with E-state index in [0.29, 0.717) is 5.56 Å². The Morgan fingerprint density at radius 2 is 1.80 bits per heavy atom. The standard InChI is InChI=1S/C13H13BrO6/c1-6(15)11(14)9-4-7(5-10(16)17)2-3-8(9)12(18)13(19)20/h2-4,11-12,18H,5H2,1H3,(H,16,17)(H,19,20). The molecule has 0 aliphatic rings. The van der Waals surface area contributed by atoms with Crippen molar-refractivity contribution in [1.82, 2.24) is 0 Å². The molecule has 0 aliphatic carbocycles. The molecule has 1 rings (SSSR count). The summed E-state index contributed by atoms with van der Waals surface area (Å²) in [6, 6.07) is 4.15. The molecule has 0 aliphatic heterocycles. The molecule has 0 heterocycles. The molecule has 1 aromatic carbocycles. The zero-order chi connectivity index (χ0) is 15.4. The third-order valence-electron chi connectivity index (χ3n) is 2.67. The maximum absolute atomic E-state index is 11.4. The molecular formula is C13H13BrO6. The van der Waals surface area contributed by atoms with Crippen LogP contribution in [0.1, 0.15) is 34.5 Å². The number of aliphatic hydroxyl groups excluding tert-OH is 1. The molecule has 1 aromatic rings. The highest BCUT2D eigenvalue weighted by Crippen LogP contribution is 2.31. The number of carbonyl (C=O) groups excluding carboxylic acids is 1. The largest absolute Gasteiger partial charge is 0.481 e. The number of hydrogen-bond acceptors (Lipinski definition) is 4. The molecule has 0 spiro atoms. The molecule has 0 aromatic heterocycles. The molecule has 0 bridgehead atoms. The summed E-state index contributed by atoms with van der Waals surface area (Å²) in [6.07, 6.45) is -2.03. The third-order valence-corrected chi connectivity index (χ3v) is 3.80. The first-order valence-electron chi connectivity index (χ1n) is 5.64. The topological polar surface area (TPSA) is 112 Å². The lowest BCUT2D eigenvalue weighted by molar-refractivity contribution is -0.147. The molecule has 0 saturated heterocycles. The zero-order valence-corrected chi connectivity index (χ0v) is 12.1. The lowest BCUT2D eigenvalue weighted by Gasteiger charge is -2.16. The van der Waals surface area contributed by atoms with Gasteiger partial charge in [0.1, 0.15) is 5.78 Å². The second kappa shape index (κ2) is 6.62. The van der Waals surface area contributed by atoms with Gasteiger partial charge in [-0.15, -0.1) is 0 Å². The van der Waals surface area contributed by atoms with Crippen LogP contribution in [0.3, 0.4) is 0 Å². The number of ketones is 1. The van der Waals surface area contributed by atoms with Crippen LogP contribution < -0.4 is 0 Å². The van der Waals surface area contributed by atoms with E-state index in [9.17, 15) is 19.5 Å². The van der Waals surface area contributed by atoms with Crippen molar-refractivity contribution in [3.8, 4) is 0 Å². The summed E-state index contributed by atoms with van der Waals surface area (Å²) in [5.74, 6) is -2.77. The van der Waals surface area contributed by atoms with E-state index in [4.69, 9.17) is 10.2 Å². The third kappa shape index (κ3) is 3.88. The van der Waals surface area contributed by atoms with Gasteiger partial charge in [0.05, 0.1) is 11.2 Å². The number of alkyl halides is 1. The van der Waals surface area contributed by atoms with E-state index < -0.39 is 22.9 Å². The predicted octanol–water partition coefficient (Wildman–Crippen LogP) is 1.46. The van der Waals surface area contributed by atoms with Crippen LogP contribution in [-0.2, 0) is 20.8 Å². The minimum absolute atomic E-state index is 0.0590. The summed E-state index contributed by atoms with van der Waals surface area (Å²) in [4.78, 5) is 32.2. The second-order valence-corrected chi connectivity index (χ2v) is 5.16. The van der Waals surface area contributed by atoms with Crippen LogP contribution in [0.2, 0.25) is 0 Å². The maximum Gasteiger partial charge on any atom is 0.337 e. The number of aliphatic carboxylic acids is 2. The Hall–Kier alpha value is -1.73. The molecule has 2 atom stereocenters. The molecule has 0 fully saturated rings. The minimum atomic E-state index is -1.77. The Morgan fingerprint density at radius 3 is 2.25 bits per heavy atom. The number of aliphatic hydroxyl groups is 1. The molecule has 0 amide bonds. The normalized spacial score (nSPS) is 13.6. The van der Waals surface area contributed by atoms with Crippen molar-refractivity contribution in [1.29, 1.82) is 0 Å². The quantitative estimate of drug-likeness (QED) is 0.673. The van der Waals surface area contributed by atoms with Gasteiger partial charge in [-0.25, -0.2) is 4.79 Å². The van der Waals surface area contributed by atoms with Gasteiger partial charge in [-0.2, -0.15) is 0 Å². The van der Waals surface area contributed by atoms with Gasteiger partial charge in [-0.1, -0.05) is 34.1 Å². The first-order chi connectivity index (χ1) is 9.23. The fourth-order valence-electron chi connectivity index (χ4n) is 1.73. The number of hydrogen-bond donors (Lipinski definition) is 3. The van der Waals surface area contributed by atoms with Gasteiger partial charge in [-0.05, 0) is 23.6 Å². The van der Waals surface area contributed by atoms with Gasteiger partial charge in [0, 0.05) is 0 Å². The number of rotatable bonds is 6. The van der Waals surface area contributed by atoms with Crippen molar-refractivity contribution in [3.63, 3.8) is 0 Å². The van der Waals surface area contributed by atoms with Crippen molar-refractivity contribution in [2.75, 3.05) is 0 Å². The van der Waals surface area contributed by atoms with Crippen molar-refractivity contribution in [2.24, 2.45) is 0 Å². The van der Waals surface area contributed by atoms with Crippen LogP contribution in [-0.4, -0.2) is 33.0 Å². The van der Waals surface area contributed by atoms with Crippen LogP contribution in [0.4, 0.5) is 0 Å². The number of carbonyl (C=O) groups is 3. The van der Waals surface area contributed by atoms with E-state index in [1.807, 2.05) is 0 Å². The van der Waals surface area contributed by atoms with E-state index >= 15 is 0 Å². The Labute approximate surface area is 123 Å². The average Bonchev–Trinajstić information content (AvgIpc) is 2.35. The summed E-state index contributed by atoms with van der Waals surface area (Å²) >= 11 is 3.12. The zero-order valence-electron chi connectivity index (χ0n) is 10.5. The van der Waals surface area contributed by atoms with Gasteiger partial charge < -0.3 is 15.3 Å². The van der Waals surface area contributed by atoms with Crippen molar-refractivity contribution < 1.29 is 29.7 Å². The van der Waals surface area contributed by atoms with Gasteiger partial charge >= 0.3 is 11.9 Å². The minimum Gasteiger partial charge on any atom is -0.481 e. The van der Waals surface area contributed by atoms with E-state index in [-0.39, 0.29) is 23.3 Å². The first-order valence-corrected chi connectivity index (χ1v) is 6.55. The predicted molar refractivity (Wildman–Crippen MR) is 72.7 cm³/mol. The van der Waals surface area contributed by atoms with Crippen LogP contribution in [0, 0.1) is 0 Å². The van der Waals surface area contributed by atoms with Gasteiger partial charge in [-0.3, -0.25) is 9.59 Å². The Morgan fingerprint density at radius 1 is 1.20 bits per heavy atom. The van der Waals surface area contributed by atoms with Crippen LogP contribution >= 0.6 is 15.9 Å². The SMILES string of the molecule is CC(=O)C(Br)c1cc(CC(=O)O)ccc1C(O)C(=O)O. The fourth-order valence-corrected chi connectivity index (χ4v) is 2.13. The van der Waals surface area contributed by atoms with Crippen molar-refractivity contribution in [2.45, 2.75) is 24.3 Å². The van der Waals surface area contributed by atoms with Gasteiger partial charge in [0.15, 0.2) is 6.10 Å². The van der Waals surface area contributed by atoms with Gasteiger partial charge in [0.25, 0.3) is 0 Å². The number of carboxylic acid groups (broad SMARTS) is 2. The number of carboxylic acids is 2. The second-order valence-electron chi connectivity index (χ2n) is 4.25. The van der Waals surface area contributed by atoms with E-state index in [2.05, 4.69) is 15.9 Å². The average molecular weight is 345 g/mol. The molecule has 6 nitrogen and oxygen atoms in total. The highest BCUT2D eigenvalue weighted by atomic mass is 79.9. The van der Waals surface area contributed by atoms with Crippen molar-refractivity contribution >= 4 is 33.7 Å². The Kier molecular flexibility index (Phi) is 5.41. The summed E-state index contributed by atoms with van der Waals surface area (Å²) in [7, 11) is 0. The summed E-state index contributed by atoms with van der Waals surface area (Å²) in [5.41, 5.74) is 0.731. The molecule has 20 heavy (non-hydrogen) atoms. The highest BCUT2D eigenvalue weighted by molar-refractivity contribution is 9.09. The monoisotopic (exact) mass is 344 g/mol. The lowest BCUT2D eigenvalue weighted by Crippen LogP contribution is -2.15. The molecule has 0 radical (unpaired) electrons. The smallest absolute Gasteiger partial charge is 0.337 e. The fraction of sp³-hybridized carbons (Fsp3) is 0.308. The highest BCUT2D eigenvalue weighted by Gasteiger charge is 2.25.